The predicted octanol–water partition coefficient (Wildman–Crippen LogP) is 0.799. The first kappa shape index (κ1) is 10.4. The minimum absolute atomic E-state index is 0.139. The molecule has 0 saturated heterocycles. The highest BCUT2D eigenvalue weighted by Crippen LogP contribution is 2.02. The molecule has 1 aliphatic rings. The lowest BCUT2D eigenvalue weighted by Gasteiger charge is -2.12. The van der Waals surface area contributed by atoms with E-state index in [2.05, 4.69) is 15.6 Å². The van der Waals surface area contributed by atoms with E-state index in [4.69, 9.17) is 0 Å². The van der Waals surface area contributed by atoms with Crippen molar-refractivity contribution in [1.82, 2.24) is 10.6 Å². The molecule has 0 fully saturated rings. The molecule has 0 aliphatic carbocycles. The molecule has 0 aromatic rings. The number of aliphatic imine (C=N–C) groups is 1. The van der Waals surface area contributed by atoms with E-state index in [1.54, 1.807) is 20.8 Å². The van der Waals surface area contributed by atoms with Crippen molar-refractivity contribution in [1.29, 1.82) is 0 Å². The standard InChI is InChI=1S/C9H12N3O2/c1-5(2)8(13)11-7-6(3)4-10-9(14)12-7/h4-5H,1-3H3,(H,11,12,13,14). The molecule has 14 heavy (non-hydrogen) atoms. The average Bonchev–Trinajstić information content (AvgIpc) is 2.11. The molecule has 0 bridgehead atoms. The van der Waals surface area contributed by atoms with Crippen LogP contribution in [0.3, 0.4) is 0 Å². The van der Waals surface area contributed by atoms with Gasteiger partial charge in [-0.25, -0.2) is 4.79 Å². The van der Waals surface area contributed by atoms with E-state index in [0.29, 0.717) is 11.4 Å². The van der Waals surface area contributed by atoms with Crippen molar-refractivity contribution in [3.8, 4) is 0 Å². The number of nitrogens with zero attached hydrogens (tertiary/aromatic N) is 2. The van der Waals surface area contributed by atoms with Crippen molar-refractivity contribution in [2.24, 2.45) is 10.9 Å². The van der Waals surface area contributed by atoms with Crippen LogP contribution in [-0.4, -0.2) is 17.8 Å². The number of amidine groups is 1. The van der Waals surface area contributed by atoms with Crippen LogP contribution in [0.25, 0.3) is 0 Å². The second kappa shape index (κ2) is 4.04. The minimum atomic E-state index is -0.588. The van der Waals surface area contributed by atoms with E-state index in [9.17, 15) is 9.59 Å². The SMILES string of the molecule is CC1=C[N]C(=O)N=C1NC(=O)C(C)C. The number of urea groups is 1. The van der Waals surface area contributed by atoms with Crippen LogP contribution in [0, 0.1) is 5.92 Å². The third-order valence-corrected chi connectivity index (χ3v) is 1.72. The number of nitrogens with one attached hydrogen (secondary N) is 1. The summed E-state index contributed by atoms with van der Waals surface area (Å²) in [5.74, 6) is -0.00522. The maximum atomic E-state index is 11.3. The molecule has 0 atom stereocenters. The molecule has 1 aliphatic heterocycles. The van der Waals surface area contributed by atoms with Gasteiger partial charge in [-0.3, -0.25) is 4.79 Å². The van der Waals surface area contributed by atoms with Crippen LogP contribution in [0.4, 0.5) is 4.79 Å². The zero-order valence-electron chi connectivity index (χ0n) is 8.37. The summed E-state index contributed by atoms with van der Waals surface area (Å²) < 4.78 is 0. The summed E-state index contributed by atoms with van der Waals surface area (Å²) in [7, 11) is 0. The summed E-state index contributed by atoms with van der Waals surface area (Å²) >= 11 is 0. The molecular weight excluding hydrogens is 182 g/mol. The van der Waals surface area contributed by atoms with Gasteiger partial charge in [-0.2, -0.15) is 10.3 Å². The Labute approximate surface area is 82.3 Å². The Morgan fingerprint density at radius 2 is 2.14 bits per heavy atom. The lowest BCUT2D eigenvalue weighted by molar-refractivity contribution is -0.122. The van der Waals surface area contributed by atoms with Gasteiger partial charge < -0.3 is 5.32 Å². The molecule has 0 aromatic carbocycles. The summed E-state index contributed by atoms with van der Waals surface area (Å²) in [6.45, 7) is 5.27. The Bertz CT molecular complexity index is 329. The Morgan fingerprint density at radius 3 is 2.71 bits per heavy atom. The van der Waals surface area contributed by atoms with Gasteiger partial charge in [0.15, 0.2) is 0 Å². The van der Waals surface area contributed by atoms with Crippen molar-refractivity contribution in [2.75, 3.05) is 0 Å². The highest BCUT2D eigenvalue weighted by Gasteiger charge is 2.16. The van der Waals surface area contributed by atoms with Crippen LogP contribution >= 0.6 is 0 Å². The molecule has 3 amide bonds. The first-order valence-corrected chi connectivity index (χ1v) is 4.32. The van der Waals surface area contributed by atoms with Crippen molar-refractivity contribution in [2.45, 2.75) is 20.8 Å². The lowest BCUT2D eigenvalue weighted by atomic mass is 10.2. The molecule has 5 nitrogen and oxygen atoms in total. The van der Waals surface area contributed by atoms with E-state index in [1.165, 1.54) is 6.20 Å². The van der Waals surface area contributed by atoms with Crippen LogP contribution in [0.2, 0.25) is 0 Å². The largest absolute Gasteiger partial charge is 0.368 e. The maximum Gasteiger partial charge on any atom is 0.368 e. The Morgan fingerprint density at radius 1 is 1.50 bits per heavy atom. The minimum Gasteiger partial charge on any atom is -0.310 e. The van der Waals surface area contributed by atoms with E-state index in [-0.39, 0.29) is 11.8 Å². The monoisotopic (exact) mass is 194 g/mol. The van der Waals surface area contributed by atoms with Crippen molar-refractivity contribution in [3.63, 3.8) is 0 Å². The fourth-order valence-electron chi connectivity index (χ4n) is 0.813. The quantitative estimate of drug-likeness (QED) is 0.670. The Balaban J connectivity index is 2.73. The van der Waals surface area contributed by atoms with Gasteiger partial charge in [0, 0.05) is 17.7 Å². The van der Waals surface area contributed by atoms with Crippen LogP contribution in [0.15, 0.2) is 16.8 Å². The van der Waals surface area contributed by atoms with Gasteiger partial charge in [0.2, 0.25) is 5.91 Å². The lowest BCUT2D eigenvalue weighted by Crippen LogP contribution is -2.37. The van der Waals surface area contributed by atoms with Gasteiger partial charge in [0.1, 0.15) is 5.84 Å². The number of amides is 3. The zero-order chi connectivity index (χ0) is 10.7. The Kier molecular flexibility index (Phi) is 3.01. The van der Waals surface area contributed by atoms with Gasteiger partial charge in [0.05, 0.1) is 0 Å². The van der Waals surface area contributed by atoms with Crippen LogP contribution in [0.5, 0.6) is 0 Å². The highest BCUT2D eigenvalue weighted by molar-refractivity contribution is 6.12. The van der Waals surface area contributed by atoms with Gasteiger partial charge in [-0.15, -0.1) is 0 Å². The van der Waals surface area contributed by atoms with Crippen molar-refractivity contribution >= 4 is 17.8 Å². The first-order valence-electron chi connectivity index (χ1n) is 4.32. The van der Waals surface area contributed by atoms with E-state index in [1.807, 2.05) is 0 Å². The smallest absolute Gasteiger partial charge is 0.310 e. The molecule has 1 radical (unpaired) electrons. The third kappa shape index (κ3) is 2.42. The van der Waals surface area contributed by atoms with Gasteiger partial charge in [-0.1, -0.05) is 13.8 Å². The molecule has 0 spiro atoms. The van der Waals surface area contributed by atoms with Gasteiger partial charge in [0.25, 0.3) is 0 Å². The molecule has 0 saturated carbocycles. The third-order valence-electron chi connectivity index (χ3n) is 1.72. The molecular formula is C9H12N3O2. The normalized spacial score (nSPS) is 15.9. The molecule has 1 heterocycles. The topological polar surface area (TPSA) is 72.6 Å². The molecule has 75 valence electrons. The molecule has 0 aromatic heterocycles. The highest BCUT2D eigenvalue weighted by atomic mass is 16.2. The van der Waals surface area contributed by atoms with Crippen molar-refractivity contribution in [3.05, 3.63) is 11.8 Å². The van der Waals surface area contributed by atoms with E-state index in [0.717, 1.165) is 0 Å². The number of carbonyl (C=O) groups excluding carboxylic acids is 2. The van der Waals surface area contributed by atoms with E-state index < -0.39 is 6.03 Å². The number of hydrogen-bond acceptors (Lipinski definition) is 2. The molecule has 1 N–H and O–H groups in total. The first-order chi connectivity index (χ1) is 6.50. The number of rotatable bonds is 1. The summed E-state index contributed by atoms with van der Waals surface area (Å²) in [5.41, 5.74) is 0.679. The maximum absolute atomic E-state index is 11.3. The average molecular weight is 194 g/mol. The van der Waals surface area contributed by atoms with Gasteiger partial charge >= 0.3 is 6.03 Å². The molecule has 0 unspecified atom stereocenters. The molecule has 1 rings (SSSR count). The van der Waals surface area contributed by atoms with Crippen LogP contribution < -0.4 is 10.6 Å². The van der Waals surface area contributed by atoms with Crippen molar-refractivity contribution < 1.29 is 9.59 Å². The van der Waals surface area contributed by atoms with Crippen LogP contribution in [0.1, 0.15) is 20.8 Å². The summed E-state index contributed by atoms with van der Waals surface area (Å²) in [5, 5.41) is 6.03. The summed E-state index contributed by atoms with van der Waals surface area (Å²) in [6, 6.07) is -0.588. The summed E-state index contributed by atoms with van der Waals surface area (Å²) in [6.07, 6.45) is 1.39. The van der Waals surface area contributed by atoms with Crippen LogP contribution in [-0.2, 0) is 4.79 Å². The fourth-order valence-corrected chi connectivity index (χ4v) is 0.813. The molecule has 5 heteroatoms. The Hall–Kier alpha value is -1.65. The van der Waals surface area contributed by atoms with E-state index >= 15 is 0 Å². The predicted molar refractivity (Wildman–Crippen MR) is 51.7 cm³/mol. The second-order valence-corrected chi connectivity index (χ2v) is 3.33. The fraction of sp³-hybridized carbons (Fsp3) is 0.444. The summed E-state index contributed by atoms with van der Waals surface area (Å²) in [4.78, 5) is 25.7. The number of carbonyl (C=O) groups is 2. The second-order valence-electron chi connectivity index (χ2n) is 3.33. The number of hydrogen-bond donors (Lipinski definition) is 1. The van der Waals surface area contributed by atoms with Gasteiger partial charge in [-0.05, 0) is 6.92 Å². The zero-order valence-corrected chi connectivity index (χ0v) is 8.37.